The molecule has 1 aliphatic heterocycles. The van der Waals surface area contributed by atoms with E-state index in [1.165, 1.54) is 23.1 Å². The Kier molecular flexibility index (Phi) is 5.87. The van der Waals surface area contributed by atoms with Crippen molar-refractivity contribution in [3.8, 4) is 6.07 Å². The van der Waals surface area contributed by atoms with E-state index in [0.29, 0.717) is 16.3 Å². The van der Waals surface area contributed by atoms with Crippen LogP contribution in [0, 0.1) is 21.4 Å². The second-order valence-corrected chi connectivity index (χ2v) is 7.67. The van der Waals surface area contributed by atoms with Crippen molar-refractivity contribution in [1.82, 2.24) is 0 Å². The molecule has 29 heavy (non-hydrogen) atoms. The summed E-state index contributed by atoms with van der Waals surface area (Å²) in [6.07, 6.45) is 0.177. The second kappa shape index (κ2) is 8.34. The first-order valence-electron chi connectivity index (χ1n) is 8.25. The van der Waals surface area contributed by atoms with Crippen molar-refractivity contribution in [3.63, 3.8) is 0 Å². The first-order valence-corrected chi connectivity index (χ1v) is 9.51. The number of hydrogen-bond acceptors (Lipinski definition) is 6. The van der Waals surface area contributed by atoms with Gasteiger partial charge >= 0.3 is 0 Å². The summed E-state index contributed by atoms with van der Waals surface area (Å²) in [5.74, 6) is -1.31. The number of carbonyl (C=O) groups is 2. The number of non-ortho nitro benzene ring substituents is 1. The van der Waals surface area contributed by atoms with E-state index in [1.54, 1.807) is 36.4 Å². The van der Waals surface area contributed by atoms with Crippen molar-refractivity contribution < 1.29 is 14.5 Å². The number of carbonyl (C=O) groups excluding carboxylic acids is 2. The average molecular weight is 429 g/mol. The number of hydrogen-bond donors (Lipinski definition) is 1. The Balaban J connectivity index is 2.01. The number of primary amides is 1. The summed E-state index contributed by atoms with van der Waals surface area (Å²) < 4.78 is 0. The van der Waals surface area contributed by atoms with Gasteiger partial charge in [0.1, 0.15) is 16.7 Å². The molecule has 1 heterocycles. The summed E-state index contributed by atoms with van der Waals surface area (Å²) in [5.41, 5.74) is 5.91. The predicted octanol–water partition coefficient (Wildman–Crippen LogP) is 3.16. The van der Waals surface area contributed by atoms with Crippen LogP contribution in [0.25, 0.3) is 0 Å². The highest BCUT2D eigenvalue weighted by Gasteiger charge is 2.40. The molecule has 0 saturated carbocycles. The minimum absolute atomic E-state index is 0.0851. The van der Waals surface area contributed by atoms with Crippen molar-refractivity contribution in [2.45, 2.75) is 11.7 Å². The Morgan fingerprint density at radius 2 is 2.00 bits per heavy atom. The second-order valence-electron chi connectivity index (χ2n) is 6.04. The van der Waals surface area contributed by atoms with Gasteiger partial charge in [-0.2, -0.15) is 5.26 Å². The van der Waals surface area contributed by atoms with Crippen LogP contribution in [0.1, 0.15) is 5.56 Å². The molecule has 0 unspecified atom stereocenters. The van der Waals surface area contributed by atoms with Crippen LogP contribution in [-0.4, -0.2) is 22.0 Å². The molecule has 0 bridgehead atoms. The molecule has 3 rings (SSSR count). The van der Waals surface area contributed by atoms with Gasteiger partial charge in [-0.1, -0.05) is 35.5 Å². The van der Waals surface area contributed by atoms with E-state index in [2.05, 4.69) is 0 Å². The predicted molar refractivity (Wildman–Crippen MR) is 109 cm³/mol. The Morgan fingerprint density at radius 1 is 1.31 bits per heavy atom. The zero-order valence-electron chi connectivity index (χ0n) is 14.7. The van der Waals surface area contributed by atoms with Gasteiger partial charge in [0.25, 0.3) is 11.6 Å². The number of nitrogens with two attached hydrogens (primary N) is 1. The largest absolute Gasteiger partial charge is 0.365 e. The average Bonchev–Trinajstić information content (AvgIpc) is 2.99. The summed E-state index contributed by atoms with van der Waals surface area (Å²) in [6, 6.07) is 14.1. The maximum Gasteiger partial charge on any atom is 0.269 e. The van der Waals surface area contributed by atoms with Crippen molar-refractivity contribution in [1.29, 1.82) is 5.26 Å². The number of nitrogens with zero attached hydrogens (tertiary/aromatic N) is 3. The Morgan fingerprint density at radius 3 is 2.59 bits per heavy atom. The quantitative estimate of drug-likeness (QED) is 0.337. The molecule has 1 saturated heterocycles. The normalized spacial score (nSPS) is 17.7. The lowest BCUT2D eigenvalue weighted by molar-refractivity contribution is -0.384. The molecule has 146 valence electrons. The summed E-state index contributed by atoms with van der Waals surface area (Å²) in [4.78, 5) is 36.6. The Labute approximate surface area is 174 Å². The fraction of sp³-hybridized carbons (Fsp3) is 0.105. The van der Waals surface area contributed by atoms with Crippen LogP contribution >= 0.6 is 23.4 Å². The summed E-state index contributed by atoms with van der Waals surface area (Å²) >= 11 is 6.93. The zero-order valence-corrected chi connectivity index (χ0v) is 16.3. The van der Waals surface area contributed by atoms with Crippen molar-refractivity contribution in [2.24, 2.45) is 5.73 Å². The van der Waals surface area contributed by atoms with Gasteiger partial charge in [0.15, 0.2) is 0 Å². The van der Waals surface area contributed by atoms with Gasteiger partial charge in [0, 0.05) is 22.8 Å². The van der Waals surface area contributed by atoms with Crippen LogP contribution in [0.15, 0.2) is 59.1 Å². The number of thioether (sulfide) groups is 1. The number of nitriles is 1. The van der Waals surface area contributed by atoms with E-state index < -0.39 is 16.1 Å². The molecule has 2 amide bonds. The minimum atomic E-state index is -0.947. The smallest absolute Gasteiger partial charge is 0.269 e. The van der Waals surface area contributed by atoms with Crippen LogP contribution in [0.5, 0.6) is 0 Å². The molecule has 8 nitrogen and oxygen atoms in total. The Bertz CT molecular complexity index is 1080. The summed E-state index contributed by atoms with van der Waals surface area (Å²) in [6.45, 7) is 0. The molecule has 2 aromatic carbocycles. The molecular formula is C19H13ClN4O4S. The van der Waals surface area contributed by atoms with Gasteiger partial charge < -0.3 is 5.73 Å². The zero-order chi connectivity index (χ0) is 21.1. The molecule has 10 heteroatoms. The molecule has 1 aliphatic rings. The van der Waals surface area contributed by atoms with Crippen molar-refractivity contribution in [3.05, 3.63) is 79.8 Å². The van der Waals surface area contributed by atoms with Crippen LogP contribution in [0.4, 0.5) is 11.4 Å². The minimum Gasteiger partial charge on any atom is -0.365 e. The molecule has 1 atom stereocenters. The van der Waals surface area contributed by atoms with Crippen LogP contribution < -0.4 is 10.6 Å². The highest BCUT2D eigenvalue weighted by molar-refractivity contribution is 8.05. The molecule has 0 aromatic heterocycles. The third kappa shape index (κ3) is 4.23. The van der Waals surface area contributed by atoms with E-state index >= 15 is 0 Å². The third-order valence-electron chi connectivity index (χ3n) is 4.15. The van der Waals surface area contributed by atoms with E-state index in [1.807, 2.05) is 0 Å². The third-order valence-corrected chi connectivity index (χ3v) is 5.67. The Hall–Kier alpha value is -3.35. The van der Waals surface area contributed by atoms with Gasteiger partial charge in [-0.25, -0.2) is 0 Å². The molecular weight excluding hydrogens is 416 g/mol. The van der Waals surface area contributed by atoms with Crippen molar-refractivity contribution >= 4 is 46.6 Å². The fourth-order valence-corrected chi connectivity index (χ4v) is 4.28. The van der Waals surface area contributed by atoms with Crippen LogP contribution in [0.2, 0.25) is 5.02 Å². The summed E-state index contributed by atoms with van der Waals surface area (Å²) in [7, 11) is 0. The van der Waals surface area contributed by atoms with E-state index in [4.69, 9.17) is 17.3 Å². The lowest BCUT2D eigenvalue weighted by atomic mass is 10.1. The molecule has 2 N–H and O–H groups in total. The molecule has 2 aromatic rings. The van der Waals surface area contributed by atoms with Gasteiger partial charge in [-0.05, 0) is 36.2 Å². The van der Waals surface area contributed by atoms with Gasteiger partial charge in [-0.15, -0.1) is 0 Å². The van der Waals surface area contributed by atoms with E-state index in [-0.39, 0.29) is 28.6 Å². The number of nitro benzene ring substituents is 1. The van der Waals surface area contributed by atoms with Gasteiger partial charge in [0.2, 0.25) is 5.91 Å². The molecule has 1 fully saturated rings. The maximum atomic E-state index is 13.1. The van der Waals surface area contributed by atoms with Crippen LogP contribution in [-0.2, 0) is 16.0 Å². The number of halogens is 1. The van der Waals surface area contributed by atoms with Crippen LogP contribution in [0.3, 0.4) is 0 Å². The highest BCUT2D eigenvalue weighted by atomic mass is 35.5. The molecule has 0 radical (unpaired) electrons. The lowest BCUT2D eigenvalue weighted by Crippen LogP contribution is -2.31. The first-order chi connectivity index (χ1) is 13.8. The van der Waals surface area contributed by atoms with E-state index in [9.17, 15) is 25.0 Å². The number of anilines is 1. The van der Waals surface area contributed by atoms with E-state index in [0.717, 1.165) is 11.8 Å². The topological polar surface area (TPSA) is 130 Å². The SMILES string of the molecule is N#C/C(C(N)=O)=C1/S[C@H](Cc2cccc([N+](=O)[O-])c2)C(=O)N1c1ccc(Cl)cc1. The molecule has 0 spiro atoms. The summed E-state index contributed by atoms with van der Waals surface area (Å²) in [5, 5.41) is 20.3. The first kappa shape index (κ1) is 20.4. The maximum absolute atomic E-state index is 13.1. The lowest BCUT2D eigenvalue weighted by Gasteiger charge is -2.18. The monoisotopic (exact) mass is 428 g/mol. The fourth-order valence-electron chi connectivity index (χ4n) is 2.84. The number of rotatable bonds is 5. The van der Waals surface area contributed by atoms with Gasteiger partial charge in [-0.3, -0.25) is 24.6 Å². The standard InChI is InChI=1S/C19H13ClN4O4S/c20-12-4-6-13(7-5-12)23-18(26)16(29-19(23)15(10-21)17(22)25)9-11-2-1-3-14(8-11)24(27)28/h1-8,16H,9H2,(H2,22,25)/b19-15-/t16-/m1/s1. The van der Waals surface area contributed by atoms with Crippen molar-refractivity contribution in [2.75, 3.05) is 4.90 Å². The number of nitro groups is 1. The number of benzene rings is 2. The van der Waals surface area contributed by atoms with Gasteiger partial charge in [0.05, 0.1) is 10.2 Å². The molecule has 0 aliphatic carbocycles. The highest BCUT2D eigenvalue weighted by Crippen LogP contribution is 2.42. The number of amides is 2.